The fraction of sp³-hybridized carbons (Fsp3) is 0.746. The molecule has 0 spiro atoms. The quantitative estimate of drug-likeness (QED) is 0.0262. The SMILES string of the molecule is CCCCC/C=C\C/C=C\CCCCCCCC(=O)OC[C@H](COC(=O)CCCCCCCCC/C=C\CCCCCC)OC(=O)CCC/C=C\C/C=C\C/C=C\CCCCCCCC. The number of rotatable bonds is 49. The van der Waals surface area contributed by atoms with Gasteiger partial charge in [-0.3, -0.25) is 14.4 Å². The minimum absolute atomic E-state index is 0.102. The monoisotopic (exact) mass is 907 g/mol. The van der Waals surface area contributed by atoms with E-state index in [0.717, 1.165) is 83.5 Å². The van der Waals surface area contributed by atoms with E-state index in [2.05, 4.69) is 93.7 Å². The Labute approximate surface area is 402 Å². The number of ether oxygens (including phenoxy) is 3. The predicted octanol–water partition coefficient (Wildman–Crippen LogP) is 18.2. The Morgan fingerprint density at radius 3 is 0.969 bits per heavy atom. The van der Waals surface area contributed by atoms with Gasteiger partial charge in [-0.25, -0.2) is 0 Å². The van der Waals surface area contributed by atoms with E-state index < -0.39 is 6.10 Å². The van der Waals surface area contributed by atoms with Crippen LogP contribution < -0.4 is 0 Å². The van der Waals surface area contributed by atoms with Crippen molar-refractivity contribution in [3.63, 3.8) is 0 Å². The second kappa shape index (κ2) is 53.5. The van der Waals surface area contributed by atoms with Crippen molar-refractivity contribution in [2.75, 3.05) is 13.2 Å². The van der Waals surface area contributed by atoms with E-state index in [1.54, 1.807) is 0 Å². The lowest BCUT2D eigenvalue weighted by Crippen LogP contribution is -2.30. The van der Waals surface area contributed by atoms with Crippen molar-refractivity contribution in [1.82, 2.24) is 0 Å². The average Bonchev–Trinajstić information content (AvgIpc) is 3.30. The minimum atomic E-state index is -0.809. The number of hydrogen-bond acceptors (Lipinski definition) is 6. The Hall–Kier alpha value is -3.15. The largest absolute Gasteiger partial charge is 0.462 e. The molecule has 0 heterocycles. The zero-order valence-electron chi connectivity index (χ0n) is 42.7. The maximum Gasteiger partial charge on any atom is 0.306 e. The van der Waals surface area contributed by atoms with Gasteiger partial charge in [-0.2, -0.15) is 0 Å². The summed E-state index contributed by atoms with van der Waals surface area (Å²) < 4.78 is 16.8. The number of allylic oxidation sites excluding steroid dienone is 12. The maximum atomic E-state index is 12.8. The van der Waals surface area contributed by atoms with E-state index in [-0.39, 0.29) is 37.5 Å². The van der Waals surface area contributed by atoms with Crippen molar-refractivity contribution in [1.29, 1.82) is 0 Å². The first kappa shape index (κ1) is 61.9. The minimum Gasteiger partial charge on any atom is -0.462 e. The van der Waals surface area contributed by atoms with Gasteiger partial charge in [-0.1, -0.05) is 209 Å². The Bertz CT molecular complexity index is 1230. The van der Waals surface area contributed by atoms with Gasteiger partial charge in [0, 0.05) is 19.3 Å². The standard InChI is InChI=1S/C59H102O6/c1-4-7-10-13-16-19-22-25-28-29-32-35-38-41-44-47-50-53-59(62)65-56(54-63-57(60)51-48-45-42-39-36-33-30-26-23-20-17-14-11-8-5-2)55-64-58(61)52-49-46-43-40-37-34-31-27-24-21-18-15-12-9-6-3/h17,20-21,24-26,28,30,32,35,41,44,56H,4-16,18-19,22-23,27,29,31,33-34,36-40,42-43,45-55H2,1-3H3/b20-17-,24-21-,28-25-,30-26-,35-32-,44-41-/t56-/m1/s1. The normalized spacial score (nSPS) is 12.6. The molecule has 0 aliphatic rings. The van der Waals surface area contributed by atoms with Gasteiger partial charge in [0.1, 0.15) is 13.2 Å². The molecule has 0 fully saturated rings. The molecule has 374 valence electrons. The molecule has 0 bridgehead atoms. The van der Waals surface area contributed by atoms with Crippen LogP contribution in [0.3, 0.4) is 0 Å². The fourth-order valence-corrected chi connectivity index (χ4v) is 7.48. The van der Waals surface area contributed by atoms with Crippen molar-refractivity contribution < 1.29 is 28.6 Å². The molecule has 1 atom stereocenters. The van der Waals surface area contributed by atoms with Crippen molar-refractivity contribution in [2.45, 2.75) is 271 Å². The third-order valence-corrected chi connectivity index (χ3v) is 11.7. The second-order valence-electron chi connectivity index (χ2n) is 18.1. The summed E-state index contributed by atoms with van der Waals surface area (Å²) in [5.74, 6) is -0.969. The first-order valence-corrected chi connectivity index (χ1v) is 27.4. The smallest absolute Gasteiger partial charge is 0.306 e. The highest BCUT2D eigenvalue weighted by molar-refractivity contribution is 5.71. The summed E-state index contributed by atoms with van der Waals surface area (Å²) in [4.78, 5) is 38.0. The summed E-state index contributed by atoms with van der Waals surface area (Å²) in [5, 5.41) is 0. The topological polar surface area (TPSA) is 78.9 Å². The van der Waals surface area contributed by atoms with Gasteiger partial charge in [0.2, 0.25) is 0 Å². The molecule has 0 aromatic carbocycles. The highest BCUT2D eigenvalue weighted by Gasteiger charge is 2.19. The van der Waals surface area contributed by atoms with Crippen molar-refractivity contribution in [2.24, 2.45) is 0 Å². The van der Waals surface area contributed by atoms with E-state index >= 15 is 0 Å². The fourth-order valence-electron chi connectivity index (χ4n) is 7.48. The maximum absolute atomic E-state index is 12.8. The second-order valence-corrected chi connectivity index (χ2v) is 18.1. The molecule has 0 N–H and O–H groups in total. The van der Waals surface area contributed by atoms with Crippen molar-refractivity contribution >= 4 is 17.9 Å². The molecular weight excluding hydrogens is 805 g/mol. The highest BCUT2D eigenvalue weighted by atomic mass is 16.6. The molecule has 0 saturated heterocycles. The lowest BCUT2D eigenvalue weighted by Gasteiger charge is -2.18. The van der Waals surface area contributed by atoms with Gasteiger partial charge < -0.3 is 14.2 Å². The molecule has 0 aliphatic heterocycles. The molecule has 0 rings (SSSR count). The van der Waals surface area contributed by atoms with Crippen LogP contribution in [0.25, 0.3) is 0 Å². The Morgan fingerprint density at radius 2 is 0.569 bits per heavy atom. The van der Waals surface area contributed by atoms with Crippen molar-refractivity contribution in [3.8, 4) is 0 Å². The van der Waals surface area contributed by atoms with Crippen LogP contribution in [-0.4, -0.2) is 37.2 Å². The molecule has 0 aromatic rings. The first-order valence-electron chi connectivity index (χ1n) is 27.4. The number of esters is 3. The van der Waals surface area contributed by atoms with Gasteiger partial charge in [-0.05, 0) is 109 Å². The molecule has 0 saturated carbocycles. The predicted molar refractivity (Wildman–Crippen MR) is 279 cm³/mol. The average molecular weight is 907 g/mol. The Morgan fingerprint density at radius 1 is 0.308 bits per heavy atom. The molecule has 0 radical (unpaired) electrons. The summed E-state index contributed by atoms with van der Waals surface area (Å²) in [6.07, 6.45) is 67.4. The number of unbranched alkanes of at least 4 members (excludes halogenated alkanes) is 26. The van der Waals surface area contributed by atoms with Crippen LogP contribution in [-0.2, 0) is 28.6 Å². The van der Waals surface area contributed by atoms with Gasteiger partial charge in [0.25, 0.3) is 0 Å². The Kier molecular flexibility index (Phi) is 50.9. The van der Waals surface area contributed by atoms with Crippen molar-refractivity contribution in [3.05, 3.63) is 72.9 Å². The van der Waals surface area contributed by atoms with E-state index in [1.807, 2.05) is 0 Å². The van der Waals surface area contributed by atoms with E-state index in [9.17, 15) is 14.4 Å². The summed E-state index contributed by atoms with van der Waals surface area (Å²) in [7, 11) is 0. The van der Waals surface area contributed by atoms with E-state index in [4.69, 9.17) is 14.2 Å². The lowest BCUT2D eigenvalue weighted by atomic mass is 10.1. The molecule has 0 amide bonds. The molecular formula is C59H102O6. The zero-order valence-corrected chi connectivity index (χ0v) is 42.7. The molecule has 65 heavy (non-hydrogen) atoms. The summed E-state index contributed by atoms with van der Waals surface area (Å²) in [6.45, 7) is 6.54. The Balaban J connectivity index is 4.49. The molecule has 0 unspecified atom stereocenters. The van der Waals surface area contributed by atoms with E-state index in [0.29, 0.717) is 19.3 Å². The summed E-state index contributed by atoms with van der Waals surface area (Å²) in [5.41, 5.74) is 0. The van der Waals surface area contributed by atoms with Crippen LogP contribution in [0.2, 0.25) is 0 Å². The first-order chi connectivity index (χ1) is 32.0. The van der Waals surface area contributed by atoms with Crippen LogP contribution in [0.1, 0.15) is 265 Å². The van der Waals surface area contributed by atoms with Gasteiger partial charge in [0.05, 0.1) is 0 Å². The summed E-state index contributed by atoms with van der Waals surface area (Å²) >= 11 is 0. The van der Waals surface area contributed by atoms with Gasteiger partial charge in [-0.15, -0.1) is 0 Å². The van der Waals surface area contributed by atoms with Gasteiger partial charge in [0.15, 0.2) is 6.10 Å². The summed E-state index contributed by atoms with van der Waals surface area (Å²) in [6, 6.07) is 0. The van der Waals surface area contributed by atoms with Crippen LogP contribution in [0.4, 0.5) is 0 Å². The zero-order chi connectivity index (χ0) is 47.2. The molecule has 0 aliphatic carbocycles. The van der Waals surface area contributed by atoms with Crippen LogP contribution in [0.15, 0.2) is 72.9 Å². The van der Waals surface area contributed by atoms with Crippen LogP contribution in [0, 0.1) is 0 Å². The molecule has 6 nitrogen and oxygen atoms in total. The molecule has 0 aromatic heterocycles. The third-order valence-electron chi connectivity index (χ3n) is 11.7. The number of hydrogen-bond donors (Lipinski definition) is 0. The van der Waals surface area contributed by atoms with Crippen LogP contribution >= 0.6 is 0 Å². The highest BCUT2D eigenvalue weighted by Crippen LogP contribution is 2.14. The van der Waals surface area contributed by atoms with Gasteiger partial charge >= 0.3 is 17.9 Å². The van der Waals surface area contributed by atoms with Crippen LogP contribution in [0.5, 0.6) is 0 Å². The van der Waals surface area contributed by atoms with E-state index in [1.165, 1.54) is 135 Å². The number of carbonyl (C=O) groups excluding carboxylic acids is 3. The lowest BCUT2D eigenvalue weighted by molar-refractivity contribution is -0.167. The molecule has 6 heteroatoms. The third kappa shape index (κ3) is 51.7. The number of carbonyl (C=O) groups is 3.